The van der Waals surface area contributed by atoms with Crippen LogP contribution in [0.1, 0.15) is 91.4 Å². The Labute approximate surface area is 183 Å². The van der Waals surface area contributed by atoms with Gasteiger partial charge in [0.05, 0.1) is 26.4 Å². The van der Waals surface area contributed by atoms with E-state index in [0.29, 0.717) is 32.8 Å². The predicted molar refractivity (Wildman–Crippen MR) is 118 cm³/mol. The Bertz CT molecular complexity index is 508. The molecule has 0 aromatic carbocycles. The van der Waals surface area contributed by atoms with Gasteiger partial charge in [-0.3, -0.25) is 19.3 Å². The Morgan fingerprint density at radius 1 is 0.933 bits per heavy atom. The van der Waals surface area contributed by atoms with Crippen LogP contribution in [0.3, 0.4) is 0 Å². The van der Waals surface area contributed by atoms with Gasteiger partial charge >= 0.3 is 0 Å². The molecule has 0 radical (unpaired) electrons. The van der Waals surface area contributed by atoms with Crippen molar-refractivity contribution in [1.29, 1.82) is 0 Å². The van der Waals surface area contributed by atoms with Crippen LogP contribution in [-0.2, 0) is 23.9 Å². The van der Waals surface area contributed by atoms with Gasteiger partial charge < -0.3 is 9.47 Å². The molecule has 1 aliphatic rings. The molecule has 1 fully saturated rings. The molecule has 2 atom stereocenters. The van der Waals surface area contributed by atoms with Crippen molar-refractivity contribution in [2.45, 2.75) is 91.4 Å². The predicted octanol–water partition coefficient (Wildman–Crippen LogP) is 4.54. The number of nitrogens with zero attached hydrogens (tertiary/aromatic N) is 1. The van der Waals surface area contributed by atoms with Crippen LogP contribution in [0, 0.1) is 11.8 Å². The molecular weight excluding hydrogens is 382 g/mol. The summed E-state index contributed by atoms with van der Waals surface area (Å²) < 4.78 is 11.0. The van der Waals surface area contributed by atoms with Crippen LogP contribution in [0.2, 0.25) is 0 Å². The molecular formula is C24H43NO5. The van der Waals surface area contributed by atoms with E-state index < -0.39 is 0 Å². The van der Waals surface area contributed by atoms with Crippen molar-refractivity contribution in [2.75, 3.05) is 33.0 Å². The van der Waals surface area contributed by atoms with Gasteiger partial charge in [0.1, 0.15) is 6.61 Å². The van der Waals surface area contributed by atoms with Crippen molar-refractivity contribution in [1.82, 2.24) is 4.90 Å². The molecule has 6 heteroatoms. The quantitative estimate of drug-likeness (QED) is 0.224. The largest absolute Gasteiger partial charge is 0.377 e. The summed E-state index contributed by atoms with van der Waals surface area (Å²) in [7, 11) is 0. The number of likely N-dealkylation sites (tertiary alicyclic amines) is 1. The molecule has 30 heavy (non-hydrogen) atoms. The van der Waals surface area contributed by atoms with Gasteiger partial charge in [0.15, 0.2) is 5.78 Å². The molecule has 0 aromatic heterocycles. The second kappa shape index (κ2) is 16.4. The molecule has 0 aromatic rings. The van der Waals surface area contributed by atoms with Gasteiger partial charge in [0.2, 0.25) is 11.8 Å². The Balaban J connectivity index is 2.15. The molecule has 0 spiro atoms. The maximum atomic E-state index is 12.4. The smallest absolute Gasteiger partial charge is 0.232 e. The zero-order chi connectivity index (χ0) is 22.2. The molecule has 2 unspecified atom stereocenters. The normalized spacial score (nSPS) is 17.7. The first-order chi connectivity index (χ1) is 14.5. The monoisotopic (exact) mass is 425 g/mol. The van der Waals surface area contributed by atoms with E-state index in [4.69, 9.17) is 9.47 Å². The Morgan fingerprint density at radius 3 is 2.37 bits per heavy atom. The molecule has 2 amide bonds. The fourth-order valence-electron chi connectivity index (χ4n) is 3.96. The third kappa shape index (κ3) is 10.2. The zero-order valence-corrected chi connectivity index (χ0v) is 19.5. The van der Waals surface area contributed by atoms with Gasteiger partial charge in [0, 0.05) is 18.3 Å². The number of rotatable bonds is 19. The van der Waals surface area contributed by atoms with Crippen molar-refractivity contribution >= 4 is 17.6 Å². The van der Waals surface area contributed by atoms with E-state index in [1.807, 2.05) is 0 Å². The van der Waals surface area contributed by atoms with E-state index in [-0.39, 0.29) is 36.0 Å². The van der Waals surface area contributed by atoms with Gasteiger partial charge in [-0.2, -0.15) is 0 Å². The maximum absolute atomic E-state index is 12.4. The molecule has 0 N–H and O–H groups in total. The number of carbonyl (C=O) groups excluding carboxylic acids is 3. The molecule has 1 saturated heterocycles. The zero-order valence-electron chi connectivity index (χ0n) is 19.5. The van der Waals surface area contributed by atoms with Crippen LogP contribution in [0.4, 0.5) is 0 Å². The fraction of sp³-hybridized carbons (Fsp3) is 0.875. The first-order valence-electron chi connectivity index (χ1n) is 12.1. The highest BCUT2D eigenvalue weighted by Crippen LogP contribution is 2.24. The minimum atomic E-state index is -0.146. The van der Waals surface area contributed by atoms with Gasteiger partial charge in [0.25, 0.3) is 0 Å². The van der Waals surface area contributed by atoms with E-state index in [1.54, 1.807) is 0 Å². The summed E-state index contributed by atoms with van der Waals surface area (Å²) in [5.41, 5.74) is 0. The molecule has 174 valence electrons. The minimum absolute atomic E-state index is 0.0454. The van der Waals surface area contributed by atoms with Crippen molar-refractivity contribution in [3.63, 3.8) is 0 Å². The summed E-state index contributed by atoms with van der Waals surface area (Å²) in [6.45, 7) is 7.86. The van der Waals surface area contributed by atoms with E-state index in [1.165, 1.54) is 11.3 Å². The summed E-state index contributed by atoms with van der Waals surface area (Å²) >= 11 is 0. The average Bonchev–Trinajstić information content (AvgIpc) is 3.00. The highest BCUT2D eigenvalue weighted by Gasteiger charge is 2.37. The van der Waals surface area contributed by atoms with Crippen LogP contribution in [0.25, 0.3) is 0 Å². The molecule has 0 saturated carbocycles. The van der Waals surface area contributed by atoms with E-state index in [0.717, 1.165) is 57.8 Å². The van der Waals surface area contributed by atoms with Crippen LogP contribution < -0.4 is 0 Å². The number of carbonyl (C=O) groups is 3. The minimum Gasteiger partial charge on any atom is -0.377 e. The molecule has 0 aliphatic carbocycles. The summed E-state index contributed by atoms with van der Waals surface area (Å²) in [6, 6.07) is 0. The number of hydrogen-bond acceptors (Lipinski definition) is 5. The van der Waals surface area contributed by atoms with Crippen molar-refractivity contribution < 1.29 is 23.9 Å². The third-order valence-corrected chi connectivity index (χ3v) is 5.82. The first kappa shape index (κ1) is 26.8. The van der Waals surface area contributed by atoms with Crippen LogP contribution in [-0.4, -0.2) is 55.5 Å². The van der Waals surface area contributed by atoms with Crippen LogP contribution in [0.5, 0.6) is 0 Å². The summed E-state index contributed by atoms with van der Waals surface area (Å²) in [4.78, 5) is 38.1. The number of ketones is 1. The number of imide groups is 1. The third-order valence-electron chi connectivity index (χ3n) is 5.82. The lowest BCUT2D eigenvalue weighted by Crippen LogP contribution is -2.34. The van der Waals surface area contributed by atoms with E-state index in [2.05, 4.69) is 20.8 Å². The van der Waals surface area contributed by atoms with Gasteiger partial charge in [-0.25, -0.2) is 0 Å². The van der Waals surface area contributed by atoms with E-state index >= 15 is 0 Å². The van der Waals surface area contributed by atoms with Crippen molar-refractivity contribution in [3.8, 4) is 0 Å². The maximum Gasteiger partial charge on any atom is 0.232 e. The summed E-state index contributed by atoms with van der Waals surface area (Å²) in [5, 5.41) is 0. The molecule has 1 heterocycles. The lowest BCUT2D eigenvalue weighted by atomic mass is 9.93. The van der Waals surface area contributed by atoms with Gasteiger partial charge in [-0.05, 0) is 19.3 Å². The standard InChI is InChI=1S/C24H43NO5/c1-4-7-9-10-13-21-18-23(27)25(24(21)28)14-15-29-16-17-30-19-22(26)20(11-6-3)12-8-5-2/h20-21H,4-19H2,1-3H3. The summed E-state index contributed by atoms with van der Waals surface area (Å²) in [6.07, 6.45) is 10.7. The lowest BCUT2D eigenvalue weighted by Gasteiger charge is -2.16. The SMILES string of the molecule is CCCCCCC1CC(=O)N(CCOCCOCC(=O)C(CCC)CCCC)C1=O. The average molecular weight is 426 g/mol. The van der Waals surface area contributed by atoms with Gasteiger partial charge in [-0.1, -0.05) is 65.7 Å². The Hall–Kier alpha value is -1.27. The second-order valence-electron chi connectivity index (χ2n) is 8.39. The number of amides is 2. The first-order valence-corrected chi connectivity index (χ1v) is 12.1. The molecule has 1 rings (SSSR count). The Morgan fingerprint density at radius 2 is 1.67 bits per heavy atom. The van der Waals surface area contributed by atoms with E-state index in [9.17, 15) is 14.4 Å². The van der Waals surface area contributed by atoms with Crippen molar-refractivity contribution in [3.05, 3.63) is 0 Å². The highest BCUT2D eigenvalue weighted by molar-refractivity contribution is 6.03. The van der Waals surface area contributed by atoms with Gasteiger partial charge in [-0.15, -0.1) is 0 Å². The lowest BCUT2D eigenvalue weighted by molar-refractivity contribution is -0.140. The molecule has 1 aliphatic heterocycles. The topological polar surface area (TPSA) is 72.9 Å². The van der Waals surface area contributed by atoms with Crippen molar-refractivity contribution in [2.24, 2.45) is 11.8 Å². The van der Waals surface area contributed by atoms with Crippen LogP contribution in [0.15, 0.2) is 0 Å². The number of hydrogen-bond donors (Lipinski definition) is 0. The molecule has 0 bridgehead atoms. The number of Topliss-reactive ketones (excluding diaryl/α,β-unsaturated/α-hetero) is 1. The Kier molecular flexibility index (Phi) is 14.7. The number of ether oxygens (including phenoxy) is 2. The number of unbranched alkanes of at least 4 members (excludes halogenated alkanes) is 4. The van der Waals surface area contributed by atoms with Crippen LogP contribution >= 0.6 is 0 Å². The fourth-order valence-corrected chi connectivity index (χ4v) is 3.96. The second-order valence-corrected chi connectivity index (χ2v) is 8.39. The summed E-state index contributed by atoms with van der Waals surface area (Å²) in [5.74, 6) is 0.0185. The molecule has 6 nitrogen and oxygen atoms in total. The highest BCUT2D eigenvalue weighted by atomic mass is 16.5.